The first kappa shape index (κ1) is 18.9. The average Bonchev–Trinajstić information content (AvgIpc) is 2.72. The molecule has 0 radical (unpaired) electrons. The van der Waals surface area contributed by atoms with Gasteiger partial charge in [-0.05, 0) is 37.8 Å². The maximum atomic E-state index is 12.7. The molecule has 0 N–H and O–H groups in total. The molecule has 5 heteroatoms. The molecule has 1 aromatic heterocycles. The molecule has 1 aliphatic heterocycles. The SMILES string of the molecule is Cc1ccc2nc(-c3ccccc3)nc(SCC(=O)N3CCC[C@@H](C)C3)c2c1. The summed E-state index contributed by atoms with van der Waals surface area (Å²) in [6.07, 6.45) is 2.32. The number of carbonyl (C=O) groups excluding carboxylic acids is 1. The number of benzene rings is 2. The molecule has 0 bridgehead atoms. The second-order valence-corrected chi connectivity index (χ2v) is 8.58. The summed E-state index contributed by atoms with van der Waals surface area (Å²) in [5, 5.41) is 1.90. The third-order valence-corrected chi connectivity index (χ3v) is 6.17. The first-order valence-corrected chi connectivity index (χ1v) is 10.8. The van der Waals surface area contributed by atoms with Gasteiger partial charge in [0.2, 0.25) is 5.91 Å². The van der Waals surface area contributed by atoms with Crippen molar-refractivity contribution in [2.75, 3.05) is 18.8 Å². The topological polar surface area (TPSA) is 46.1 Å². The quantitative estimate of drug-likeness (QED) is 0.466. The van der Waals surface area contributed by atoms with Gasteiger partial charge in [-0.2, -0.15) is 0 Å². The van der Waals surface area contributed by atoms with E-state index in [0.717, 1.165) is 41.0 Å². The van der Waals surface area contributed by atoms with Crippen LogP contribution in [0.2, 0.25) is 0 Å². The lowest BCUT2D eigenvalue weighted by atomic mass is 10.0. The van der Waals surface area contributed by atoms with Crippen molar-refractivity contribution in [2.24, 2.45) is 5.92 Å². The van der Waals surface area contributed by atoms with E-state index < -0.39 is 0 Å². The zero-order valence-corrected chi connectivity index (χ0v) is 17.2. The number of likely N-dealkylation sites (tertiary alicyclic amines) is 1. The number of amides is 1. The Balaban J connectivity index is 1.63. The van der Waals surface area contributed by atoms with Gasteiger partial charge < -0.3 is 4.90 Å². The lowest BCUT2D eigenvalue weighted by Crippen LogP contribution is -2.40. The van der Waals surface area contributed by atoms with Crippen LogP contribution in [0.4, 0.5) is 0 Å². The molecule has 3 aromatic rings. The number of piperidine rings is 1. The van der Waals surface area contributed by atoms with E-state index in [2.05, 4.69) is 26.0 Å². The van der Waals surface area contributed by atoms with E-state index in [1.54, 1.807) is 0 Å². The second-order valence-electron chi connectivity index (χ2n) is 7.61. The van der Waals surface area contributed by atoms with Crippen molar-refractivity contribution in [2.45, 2.75) is 31.7 Å². The third kappa shape index (κ3) is 4.20. The van der Waals surface area contributed by atoms with Crippen LogP contribution in [0, 0.1) is 12.8 Å². The van der Waals surface area contributed by atoms with Crippen LogP contribution in [0.3, 0.4) is 0 Å². The molecule has 1 fully saturated rings. The van der Waals surface area contributed by atoms with Crippen LogP contribution in [-0.4, -0.2) is 39.6 Å². The zero-order valence-electron chi connectivity index (χ0n) is 16.4. The molecule has 1 aliphatic rings. The predicted octanol–water partition coefficient (Wildman–Crippen LogP) is 4.96. The molecule has 2 aromatic carbocycles. The smallest absolute Gasteiger partial charge is 0.232 e. The minimum absolute atomic E-state index is 0.206. The molecule has 0 unspecified atom stereocenters. The molecular weight excluding hydrogens is 366 g/mol. The van der Waals surface area contributed by atoms with Gasteiger partial charge in [0, 0.05) is 24.0 Å². The van der Waals surface area contributed by atoms with Gasteiger partial charge in [-0.1, -0.05) is 60.6 Å². The van der Waals surface area contributed by atoms with Crippen LogP contribution in [0.5, 0.6) is 0 Å². The highest BCUT2D eigenvalue weighted by Crippen LogP contribution is 2.29. The highest BCUT2D eigenvalue weighted by Gasteiger charge is 2.21. The molecule has 144 valence electrons. The summed E-state index contributed by atoms with van der Waals surface area (Å²) in [5.41, 5.74) is 3.07. The maximum Gasteiger partial charge on any atom is 0.232 e. The minimum Gasteiger partial charge on any atom is -0.342 e. The van der Waals surface area contributed by atoms with E-state index in [1.165, 1.54) is 23.7 Å². The second kappa shape index (κ2) is 8.31. The molecule has 2 heterocycles. The van der Waals surface area contributed by atoms with Gasteiger partial charge in [0.15, 0.2) is 5.82 Å². The van der Waals surface area contributed by atoms with Crippen LogP contribution in [0.1, 0.15) is 25.3 Å². The van der Waals surface area contributed by atoms with Crippen LogP contribution < -0.4 is 0 Å². The molecule has 1 saturated heterocycles. The fourth-order valence-electron chi connectivity index (χ4n) is 3.68. The van der Waals surface area contributed by atoms with Gasteiger partial charge >= 0.3 is 0 Å². The van der Waals surface area contributed by atoms with E-state index in [4.69, 9.17) is 9.97 Å². The number of rotatable bonds is 4. The average molecular weight is 392 g/mol. The molecule has 1 amide bonds. The van der Waals surface area contributed by atoms with E-state index in [1.807, 2.05) is 41.3 Å². The minimum atomic E-state index is 0.206. The molecule has 0 aliphatic carbocycles. The molecule has 0 saturated carbocycles. The maximum absolute atomic E-state index is 12.7. The van der Waals surface area contributed by atoms with Crippen molar-refractivity contribution >= 4 is 28.6 Å². The van der Waals surface area contributed by atoms with Crippen LogP contribution >= 0.6 is 11.8 Å². The van der Waals surface area contributed by atoms with Gasteiger partial charge in [-0.15, -0.1) is 0 Å². The number of hydrogen-bond donors (Lipinski definition) is 0. The van der Waals surface area contributed by atoms with Gasteiger partial charge in [0.05, 0.1) is 11.3 Å². The first-order chi connectivity index (χ1) is 13.6. The molecule has 28 heavy (non-hydrogen) atoms. The standard InChI is InChI=1S/C23H25N3OS/c1-16-10-11-20-19(13-16)23(25-22(24-20)18-8-4-3-5-9-18)28-15-21(27)26-12-6-7-17(2)14-26/h3-5,8-11,13,17H,6-7,12,14-15H2,1-2H3/t17-/m1/s1. The van der Waals surface area contributed by atoms with Gasteiger partial charge in [-0.25, -0.2) is 9.97 Å². The van der Waals surface area contributed by atoms with E-state index in [-0.39, 0.29) is 5.91 Å². The van der Waals surface area contributed by atoms with Crippen molar-refractivity contribution in [3.8, 4) is 11.4 Å². The Morgan fingerprint density at radius 1 is 1.18 bits per heavy atom. The summed E-state index contributed by atoms with van der Waals surface area (Å²) in [6, 6.07) is 16.2. The number of aryl methyl sites for hydroxylation is 1. The summed E-state index contributed by atoms with van der Waals surface area (Å²) < 4.78 is 0. The first-order valence-electron chi connectivity index (χ1n) is 9.84. The van der Waals surface area contributed by atoms with Gasteiger partial charge in [0.25, 0.3) is 0 Å². The number of hydrogen-bond acceptors (Lipinski definition) is 4. The van der Waals surface area contributed by atoms with E-state index >= 15 is 0 Å². The highest BCUT2D eigenvalue weighted by atomic mass is 32.2. The third-order valence-electron chi connectivity index (χ3n) is 5.19. The van der Waals surface area contributed by atoms with E-state index in [0.29, 0.717) is 17.5 Å². The van der Waals surface area contributed by atoms with Crippen molar-refractivity contribution in [3.05, 3.63) is 54.1 Å². The largest absolute Gasteiger partial charge is 0.342 e. The van der Waals surface area contributed by atoms with Crippen molar-refractivity contribution in [1.82, 2.24) is 14.9 Å². The van der Waals surface area contributed by atoms with Gasteiger partial charge in [-0.3, -0.25) is 4.79 Å². The summed E-state index contributed by atoms with van der Waals surface area (Å²) in [5.74, 6) is 1.92. The van der Waals surface area contributed by atoms with Crippen molar-refractivity contribution in [1.29, 1.82) is 0 Å². The Morgan fingerprint density at radius 3 is 2.79 bits per heavy atom. The Kier molecular flexibility index (Phi) is 5.62. The Labute approximate surface area is 170 Å². The number of nitrogens with zero attached hydrogens (tertiary/aromatic N) is 3. The Hall–Kier alpha value is -2.40. The number of thioether (sulfide) groups is 1. The van der Waals surface area contributed by atoms with Crippen molar-refractivity contribution < 1.29 is 4.79 Å². The van der Waals surface area contributed by atoms with E-state index in [9.17, 15) is 4.79 Å². The fourth-order valence-corrected chi connectivity index (χ4v) is 4.59. The highest BCUT2D eigenvalue weighted by molar-refractivity contribution is 8.00. The lowest BCUT2D eigenvalue weighted by molar-refractivity contribution is -0.130. The summed E-state index contributed by atoms with van der Waals surface area (Å²) in [4.78, 5) is 24.3. The number of aromatic nitrogens is 2. The summed E-state index contributed by atoms with van der Waals surface area (Å²) in [6.45, 7) is 6.04. The van der Waals surface area contributed by atoms with Crippen LogP contribution in [0.25, 0.3) is 22.3 Å². The summed E-state index contributed by atoms with van der Waals surface area (Å²) >= 11 is 1.53. The number of carbonyl (C=O) groups is 1. The molecular formula is C23H25N3OS. The molecule has 4 rings (SSSR count). The molecule has 1 atom stereocenters. The van der Waals surface area contributed by atoms with Gasteiger partial charge in [0.1, 0.15) is 5.03 Å². The number of fused-ring (bicyclic) bond motifs is 1. The molecule has 4 nitrogen and oxygen atoms in total. The normalized spacial score (nSPS) is 17.1. The summed E-state index contributed by atoms with van der Waals surface area (Å²) in [7, 11) is 0. The zero-order chi connectivity index (χ0) is 19.5. The van der Waals surface area contributed by atoms with Crippen LogP contribution in [0.15, 0.2) is 53.6 Å². The predicted molar refractivity (Wildman–Crippen MR) is 115 cm³/mol. The fraction of sp³-hybridized carbons (Fsp3) is 0.348. The van der Waals surface area contributed by atoms with Crippen molar-refractivity contribution in [3.63, 3.8) is 0 Å². The lowest BCUT2D eigenvalue weighted by Gasteiger charge is -2.30. The van der Waals surface area contributed by atoms with Crippen LogP contribution in [-0.2, 0) is 4.79 Å². The Morgan fingerprint density at radius 2 is 2.00 bits per heavy atom. The monoisotopic (exact) mass is 391 g/mol. The molecule has 0 spiro atoms. The Bertz CT molecular complexity index is 990.